The van der Waals surface area contributed by atoms with Crippen molar-refractivity contribution in [2.45, 2.75) is 19.9 Å². The number of aromatic carboxylic acids is 1. The van der Waals surface area contributed by atoms with Gasteiger partial charge in [0, 0.05) is 19.5 Å². The molecule has 6 nitrogen and oxygen atoms in total. The predicted molar refractivity (Wildman–Crippen MR) is 96.7 cm³/mol. The van der Waals surface area contributed by atoms with Gasteiger partial charge in [0.1, 0.15) is 5.82 Å². The molecule has 2 aromatic rings. The highest BCUT2D eigenvalue weighted by Gasteiger charge is 2.34. The molecular formula is C20H19FN2O4. The van der Waals surface area contributed by atoms with Crippen molar-refractivity contribution in [2.24, 2.45) is 5.92 Å². The number of carbonyl (C=O) groups is 3. The van der Waals surface area contributed by atoms with Crippen LogP contribution < -0.4 is 5.32 Å². The highest BCUT2D eigenvalue weighted by molar-refractivity contribution is 5.98. The van der Waals surface area contributed by atoms with Crippen molar-refractivity contribution in [1.29, 1.82) is 0 Å². The topological polar surface area (TPSA) is 86.7 Å². The normalized spacial score (nSPS) is 16.4. The van der Waals surface area contributed by atoms with E-state index in [4.69, 9.17) is 5.11 Å². The molecule has 1 aliphatic heterocycles. The molecule has 140 valence electrons. The van der Waals surface area contributed by atoms with Crippen LogP contribution in [0.2, 0.25) is 0 Å². The van der Waals surface area contributed by atoms with E-state index in [1.54, 1.807) is 4.90 Å². The summed E-state index contributed by atoms with van der Waals surface area (Å²) in [6.07, 6.45) is 0.0396. The number of carboxylic acids is 1. The summed E-state index contributed by atoms with van der Waals surface area (Å²) in [7, 11) is 0. The SMILES string of the molecule is Cc1ccc(CN2CC(C(=O)Nc3cc(C(=O)O)ccc3F)CC2=O)cc1. The van der Waals surface area contributed by atoms with Gasteiger partial charge in [-0.2, -0.15) is 0 Å². The van der Waals surface area contributed by atoms with Crippen LogP contribution in [-0.2, 0) is 16.1 Å². The first-order valence-electron chi connectivity index (χ1n) is 8.50. The summed E-state index contributed by atoms with van der Waals surface area (Å²) < 4.78 is 13.9. The lowest BCUT2D eigenvalue weighted by Crippen LogP contribution is -2.28. The fraction of sp³-hybridized carbons (Fsp3) is 0.250. The molecule has 3 rings (SSSR count). The van der Waals surface area contributed by atoms with Gasteiger partial charge in [0.05, 0.1) is 17.2 Å². The molecule has 1 atom stereocenters. The third kappa shape index (κ3) is 4.31. The van der Waals surface area contributed by atoms with Crippen LogP contribution in [0.3, 0.4) is 0 Å². The van der Waals surface area contributed by atoms with E-state index in [2.05, 4.69) is 5.32 Å². The predicted octanol–water partition coefficient (Wildman–Crippen LogP) is 2.82. The van der Waals surface area contributed by atoms with Crippen molar-refractivity contribution in [2.75, 3.05) is 11.9 Å². The molecule has 0 aliphatic carbocycles. The number of halogens is 1. The van der Waals surface area contributed by atoms with Gasteiger partial charge >= 0.3 is 5.97 Å². The van der Waals surface area contributed by atoms with E-state index < -0.39 is 23.6 Å². The molecule has 0 spiro atoms. The van der Waals surface area contributed by atoms with Gasteiger partial charge in [-0.1, -0.05) is 29.8 Å². The Morgan fingerprint density at radius 3 is 2.59 bits per heavy atom. The lowest BCUT2D eigenvalue weighted by Gasteiger charge is -2.17. The smallest absolute Gasteiger partial charge is 0.335 e. The van der Waals surface area contributed by atoms with Crippen molar-refractivity contribution in [3.8, 4) is 0 Å². The van der Waals surface area contributed by atoms with Crippen LogP contribution in [-0.4, -0.2) is 34.3 Å². The van der Waals surface area contributed by atoms with Gasteiger partial charge in [0.25, 0.3) is 0 Å². The number of carboxylic acid groups (broad SMARTS) is 1. The molecule has 1 heterocycles. The Hall–Kier alpha value is -3.22. The molecule has 7 heteroatoms. The fourth-order valence-corrected chi connectivity index (χ4v) is 3.00. The van der Waals surface area contributed by atoms with Crippen LogP contribution in [0.4, 0.5) is 10.1 Å². The van der Waals surface area contributed by atoms with Gasteiger partial charge < -0.3 is 15.3 Å². The minimum absolute atomic E-state index is 0.0396. The second-order valence-corrected chi connectivity index (χ2v) is 6.65. The summed E-state index contributed by atoms with van der Waals surface area (Å²) in [5.74, 6) is -3.21. The molecule has 0 aromatic heterocycles. The number of benzene rings is 2. The van der Waals surface area contributed by atoms with Crippen LogP contribution >= 0.6 is 0 Å². The zero-order chi connectivity index (χ0) is 19.6. The van der Waals surface area contributed by atoms with Crippen molar-refractivity contribution in [3.63, 3.8) is 0 Å². The Morgan fingerprint density at radius 1 is 1.22 bits per heavy atom. The van der Waals surface area contributed by atoms with Crippen molar-refractivity contribution in [3.05, 3.63) is 65.0 Å². The Balaban J connectivity index is 1.66. The zero-order valence-electron chi connectivity index (χ0n) is 14.7. The van der Waals surface area contributed by atoms with Crippen LogP contribution in [0.15, 0.2) is 42.5 Å². The van der Waals surface area contributed by atoms with Crippen LogP contribution in [0.1, 0.15) is 27.9 Å². The minimum atomic E-state index is -1.22. The third-order valence-corrected chi connectivity index (χ3v) is 4.55. The number of likely N-dealkylation sites (tertiary alicyclic amines) is 1. The Morgan fingerprint density at radius 2 is 1.93 bits per heavy atom. The van der Waals surface area contributed by atoms with Gasteiger partial charge in [0.15, 0.2) is 0 Å². The first-order valence-corrected chi connectivity index (χ1v) is 8.50. The van der Waals surface area contributed by atoms with Gasteiger partial charge in [-0.3, -0.25) is 9.59 Å². The van der Waals surface area contributed by atoms with E-state index in [1.165, 1.54) is 0 Å². The van der Waals surface area contributed by atoms with Crippen LogP contribution in [0.5, 0.6) is 0 Å². The summed E-state index contributed by atoms with van der Waals surface area (Å²) in [5, 5.41) is 11.4. The van der Waals surface area contributed by atoms with E-state index in [0.29, 0.717) is 6.54 Å². The summed E-state index contributed by atoms with van der Waals surface area (Å²) in [4.78, 5) is 37.2. The van der Waals surface area contributed by atoms with E-state index in [-0.39, 0.29) is 30.1 Å². The second-order valence-electron chi connectivity index (χ2n) is 6.65. The lowest BCUT2D eigenvalue weighted by molar-refractivity contribution is -0.128. The molecule has 1 saturated heterocycles. The Labute approximate surface area is 155 Å². The van der Waals surface area contributed by atoms with Crippen LogP contribution in [0.25, 0.3) is 0 Å². The Bertz CT molecular complexity index is 895. The van der Waals surface area contributed by atoms with Gasteiger partial charge in [-0.15, -0.1) is 0 Å². The minimum Gasteiger partial charge on any atom is -0.478 e. The quantitative estimate of drug-likeness (QED) is 0.847. The van der Waals surface area contributed by atoms with E-state index in [1.807, 2.05) is 31.2 Å². The summed E-state index contributed by atoms with van der Waals surface area (Å²) in [6.45, 7) is 2.62. The highest BCUT2D eigenvalue weighted by Crippen LogP contribution is 2.23. The highest BCUT2D eigenvalue weighted by atomic mass is 19.1. The van der Waals surface area contributed by atoms with E-state index in [9.17, 15) is 18.8 Å². The maximum atomic E-state index is 13.9. The zero-order valence-corrected chi connectivity index (χ0v) is 14.7. The molecule has 0 radical (unpaired) electrons. The first kappa shape index (κ1) is 18.6. The molecule has 1 fully saturated rings. The fourth-order valence-electron chi connectivity index (χ4n) is 3.00. The molecule has 0 saturated carbocycles. The average molecular weight is 370 g/mol. The number of rotatable bonds is 5. The number of hydrogen-bond donors (Lipinski definition) is 2. The summed E-state index contributed by atoms with van der Waals surface area (Å²) in [6, 6.07) is 11.0. The molecule has 2 amide bonds. The number of nitrogens with zero attached hydrogens (tertiary/aromatic N) is 1. The van der Waals surface area contributed by atoms with Crippen molar-refractivity contribution < 1.29 is 23.9 Å². The monoisotopic (exact) mass is 370 g/mol. The summed E-state index contributed by atoms with van der Waals surface area (Å²) in [5.41, 5.74) is 1.75. The number of carbonyl (C=O) groups excluding carboxylic acids is 2. The summed E-state index contributed by atoms with van der Waals surface area (Å²) >= 11 is 0. The van der Waals surface area contributed by atoms with Gasteiger partial charge in [-0.05, 0) is 30.7 Å². The average Bonchev–Trinajstić information content (AvgIpc) is 2.99. The molecule has 2 N–H and O–H groups in total. The van der Waals surface area contributed by atoms with Crippen molar-refractivity contribution >= 4 is 23.5 Å². The van der Waals surface area contributed by atoms with Gasteiger partial charge in [-0.25, -0.2) is 9.18 Å². The molecular weight excluding hydrogens is 351 g/mol. The van der Waals surface area contributed by atoms with Crippen LogP contribution in [0, 0.1) is 18.7 Å². The molecule has 2 aromatic carbocycles. The van der Waals surface area contributed by atoms with E-state index in [0.717, 1.165) is 29.3 Å². The maximum Gasteiger partial charge on any atom is 0.335 e. The molecule has 27 heavy (non-hydrogen) atoms. The number of nitrogens with one attached hydrogen (secondary N) is 1. The molecule has 0 bridgehead atoms. The van der Waals surface area contributed by atoms with Gasteiger partial charge in [0.2, 0.25) is 11.8 Å². The van der Waals surface area contributed by atoms with E-state index >= 15 is 0 Å². The third-order valence-electron chi connectivity index (χ3n) is 4.55. The molecule has 1 unspecified atom stereocenters. The Kier molecular flexibility index (Phi) is 5.21. The number of hydrogen-bond acceptors (Lipinski definition) is 3. The largest absolute Gasteiger partial charge is 0.478 e. The standard InChI is InChI=1S/C20H19FN2O4/c1-12-2-4-13(5-3-12)10-23-11-15(9-18(23)24)19(25)22-17-8-14(20(26)27)6-7-16(17)21/h2-8,15H,9-11H2,1H3,(H,22,25)(H,26,27). The van der Waals surface area contributed by atoms with Crippen molar-refractivity contribution in [1.82, 2.24) is 4.90 Å². The second kappa shape index (κ2) is 7.57. The number of aryl methyl sites for hydroxylation is 1. The maximum absolute atomic E-state index is 13.9. The molecule has 1 aliphatic rings. The number of amides is 2. The lowest BCUT2D eigenvalue weighted by atomic mass is 10.1. The first-order chi connectivity index (χ1) is 12.8. The number of anilines is 1.